The average molecular weight is 410 g/mol. The van der Waals surface area contributed by atoms with Crippen LogP contribution in [-0.2, 0) is 9.59 Å². The fourth-order valence-corrected chi connectivity index (χ4v) is 3.48. The highest BCUT2D eigenvalue weighted by molar-refractivity contribution is 6.46. The molecule has 1 fully saturated rings. The number of Topliss-reactive ketones (excluding diaryl/α,β-unsaturated/α-hetero) is 1. The van der Waals surface area contributed by atoms with Gasteiger partial charge >= 0.3 is 0 Å². The molecule has 7 heteroatoms. The van der Waals surface area contributed by atoms with Gasteiger partial charge in [-0.2, -0.15) is 0 Å². The lowest BCUT2D eigenvalue weighted by molar-refractivity contribution is -0.140. The highest BCUT2D eigenvalue weighted by Gasteiger charge is 2.45. The summed E-state index contributed by atoms with van der Waals surface area (Å²) < 4.78 is 10.4. The van der Waals surface area contributed by atoms with Gasteiger partial charge in [0.15, 0.2) is 0 Å². The first-order valence-corrected chi connectivity index (χ1v) is 9.59. The second-order valence-electron chi connectivity index (χ2n) is 7.30. The molecule has 3 rings (SSSR count). The smallest absolute Gasteiger partial charge is 0.295 e. The summed E-state index contributed by atoms with van der Waals surface area (Å²) in [5, 5.41) is 11.0. The molecule has 1 heterocycles. The number of aliphatic hydroxyl groups is 1. The number of aliphatic hydroxyl groups excluding tert-OH is 1. The number of amides is 1. The minimum Gasteiger partial charge on any atom is -0.507 e. The van der Waals surface area contributed by atoms with Gasteiger partial charge in [0.2, 0.25) is 0 Å². The van der Waals surface area contributed by atoms with Crippen molar-refractivity contribution >= 4 is 17.4 Å². The molecule has 0 aromatic heterocycles. The van der Waals surface area contributed by atoms with E-state index in [0.717, 1.165) is 5.56 Å². The maximum Gasteiger partial charge on any atom is 0.295 e. The zero-order valence-corrected chi connectivity index (χ0v) is 17.6. The van der Waals surface area contributed by atoms with E-state index >= 15 is 0 Å². The largest absolute Gasteiger partial charge is 0.507 e. The predicted octanol–water partition coefficient (Wildman–Crippen LogP) is 2.69. The van der Waals surface area contributed by atoms with E-state index in [4.69, 9.17) is 9.47 Å². The van der Waals surface area contributed by atoms with Crippen molar-refractivity contribution in [3.63, 3.8) is 0 Å². The van der Waals surface area contributed by atoms with Gasteiger partial charge in [-0.05, 0) is 43.9 Å². The van der Waals surface area contributed by atoms with Gasteiger partial charge in [0.1, 0.15) is 17.3 Å². The van der Waals surface area contributed by atoms with Crippen LogP contribution in [0.25, 0.3) is 5.76 Å². The van der Waals surface area contributed by atoms with Crippen LogP contribution < -0.4 is 9.47 Å². The molecule has 0 spiro atoms. The van der Waals surface area contributed by atoms with Gasteiger partial charge in [-0.15, -0.1) is 0 Å². The summed E-state index contributed by atoms with van der Waals surface area (Å²) in [5.74, 6) is -0.337. The average Bonchev–Trinajstić information content (AvgIpc) is 3.02. The Labute approximate surface area is 176 Å². The van der Waals surface area contributed by atoms with Crippen molar-refractivity contribution in [3.8, 4) is 11.5 Å². The summed E-state index contributed by atoms with van der Waals surface area (Å²) in [7, 11) is 6.89. The number of likely N-dealkylation sites (tertiary alicyclic amines) is 1. The summed E-state index contributed by atoms with van der Waals surface area (Å²) in [4.78, 5) is 29.3. The molecule has 0 aliphatic carbocycles. The molecule has 0 radical (unpaired) electrons. The monoisotopic (exact) mass is 410 g/mol. The fraction of sp³-hybridized carbons (Fsp3) is 0.304. The molecular formula is C23H26N2O5. The number of likely N-dealkylation sites (N-methyl/N-ethyl adjacent to an activating group) is 1. The summed E-state index contributed by atoms with van der Waals surface area (Å²) in [6, 6.07) is 13.2. The Morgan fingerprint density at radius 2 is 1.70 bits per heavy atom. The summed E-state index contributed by atoms with van der Waals surface area (Å²) in [5.41, 5.74) is 1.20. The maximum atomic E-state index is 13.0. The van der Waals surface area contributed by atoms with Gasteiger partial charge in [-0.3, -0.25) is 9.59 Å². The van der Waals surface area contributed by atoms with Gasteiger partial charge in [0, 0.05) is 18.7 Å². The van der Waals surface area contributed by atoms with Crippen LogP contribution in [-0.4, -0.2) is 68.0 Å². The Hall–Kier alpha value is -3.32. The molecule has 1 aliphatic heterocycles. The van der Waals surface area contributed by atoms with E-state index in [1.165, 1.54) is 12.0 Å². The van der Waals surface area contributed by atoms with Crippen molar-refractivity contribution in [3.05, 3.63) is 65.2 Å². The van der Waals surface area contributed by atoms with Crippen molar-refractivity contribution in [1.82, 2.24) is 9.80 Å². The summed E-state index contributed by atoms with van der Waals surface area (Å²) >= 11 is 0. The van der Waals surface area contributed by atoms with Crippen LogP contribution in [0.5, 0.6) is 11.5 Å². The van der Waals surface area contributed by atoms with Gasteiger partial charge in [-0.25, -0.2) is 0 Å². The van der Waals surface area contributed by atoms with E-state index in [9.17, 15) is 14.7 Å². The molecule has 1 saturated heterocycles. The molecule has 158 valence electrons. The number of ether oxygens (including phenoxy) is 2. The van der Waals surface area contributed by atoms with Gasteiger partial charge in [0.25, 0.3) is 11.7 Å². The highest BCUT2D eigenvalue weighted by atomic mass is 16.5. The maximum absolute atomic E-state index is 13.0. The van der Waals surface area contributed by atoms with E-state index in [2.05, 4.69) is 0 Å². The van der Waals surface area contributed by atoms with Crippen LogP contribution in [0.15, 0.2) is 54.1 Å². The molecule has 1 amide bonds. The third-order valence-corrected chi connectivity index (χ3v) is 5.10. The minimum atomic E-state index is -0.699. The molecule has 1 atom stereocenters. The summed E-state index contributed by atoms with van der Waals surface area (Å²) in [6.07, 6.45) is 0. The number of methoxy groups -OCH3 is 2. The third-order valence-electron chi connectivity index (χ3n) is 5.10. The Morgan fingerprint density at radius 3 is 2.30 bits per heavy atom. The van der Waals surface area contributed by atoms with Crippen molar-refractivity contribution in [2.75, 3.05) is 41.4 Å². The Kier molecular flexibility index (Phi) is 6.42. The normalized spacial score (nSPS) is 18.2. The van der Waals surface area contributed by atoms with E-state index < -0.39 is 17.7 Å². The quantitative estimate of drug-likeness (QED) is 0.430. The molecule has 0 bridgehead atoms. The van der Waals surface area contributed by atoms with Crippen molar-refractivity contribution in [2.45, 2.75) is 6.04 Å². The molecule has 0 saturated carbocycles. The Bertz CT molecular complexity index is 966. The van der Waals surface area contributed by atoms with Crippen LogP contribution >= 0.6 is 0 Å². The van der Waals surface area contributed by atoms with Gasteiger partial charge < -0.3 is 24.4 Å². The topological polar surface area (TPSA) is 79.3 Å². The number of nitrogens with zero attached hydrogens (tertiary/aromatic N) is 2. The minimum absolute atomic E-state index is 0.0668. The number of hydrogen-bond acceptors (Lipinski definition) is 6. The van der Waals surface area contributed by atoms with Crippen LogP contribution in [0.3, 0.4) is 0 Å². The number of carbonyl (C=O) groups is 2. The van der Waals surface area contributed by atoms with Gasteiger partial charge in [-0.1, -0.05) is 24.3 Å². The molecule has 2 aromatic carbocycles. The number of carbonyl (C=O) groups excluding carboxylic acids is 2. The zero-order chi connectivity index (χ0) is 21.8. The SMILES string of the molecule is COc1ccc([C@@H]2C(=C(O)c3cccc(OC)c3)C(=O)C(=O)N2CCN(C)C)cc1. The lowest BCUT2D eigenvalue weighted by Gasteiger charge is -2.26. The molecular weight excluding hydrogens is 384 g/mol. The molecule has 1 N–H and O–H groups in total. The van der Waals surface area contributed by atoms with E-state index in [1.807, 2.05) is 19.0 Å². The molecule has 0 unspecified atom stereocenters. The van der Waals surface area contributed by atoms with E-state index in [-0.39, 0.29) is 11.3 Å². The van der Waals surface area contributed by atoms with Crippen molar-refractivity contribution in [2.24, 2.45) is 0 Å². The van der Waals surface area contributed by atoms with Crippen molar-refractivity contribution < 1.29 is 24.2 Å². The molecule has 7 nitrogen and oxygen atoms in total. The van der Waals surface area contributed by atoms with Crippen LogP contribution in [0.2, 0.25) is 0 Å². The number of rotatable bonds is 7. The predicted molar refractivity (Wildman–Crippen MR) is 114 cm³/mol. The van der Waals surface area contributed by atoms with Crippen LogP contribution in [0.1, 0.15) is 17.2 Å². The fourth-order valence-electron chi connectivity index (χ4n) is 3.48. The first-order valence-electron chi connectivity index (χ1n) is 9.59. The number of ketones is 1. The second kappa shape index (κ2) is 9.00. The lowest BCUT2D eigenvalue weighted by atomic mass is 9.95. The number of hydrogen-bond donors (Lipinski definition) is 1. The van der Waals surface area contributed by atoms with E-state index in [0.29, 0.717) is 30.2 Å². The Morgan fingerprint density at radius 1 is 1.03 bits per heavy atom. The highest BCUT2D eigenvalue weighted by Crippen LogP contribution is 2.40. The third kappa shape index (κ3) is 4.16. The molecule has 30 heavy (non-hydrogen) atoms. The first kappa shape index (κ1) is 21.4. The van der Waals surface area contributed by atoms with Gasteiger partial charge in [0.05, 0.1) is 25.8 Å². The Balaban J connectivity index is 2.13. The second-order valence-corrected chi connectivity index (χ2v) is 7.30. The zero-order valence-electron chi connectivity index (χ0n) is 17.6. The first-order chi connectivity index (χ1) is 14.4. The molecule has 2 aromatic rings. The van der Waals surface area contributed by atoms with E-state index in [1.54, 1.807) is 55.6 Å². The lowest BCUT2D eigenvalue weighted by Crippen LogP contribution is -2.35. The molecule has 1 aliphatic rings. The number of benzene rings is 2. The summed E-state index contributed by atoms with van der Waals surface area (Å²) in [6.45, 7) is 0.933. The van der Waals surface area contributed by atoms with Crippen LogP contribution in [0, 0.1) is 0 Å². The standard InChI is InChI=1S/C23H26N2O5/c1-24(2)12-13-25-20(15-8-10-17(29-3)11-9-15)19(22(27)23(25)28)21(26)16-6-5-7-18(14-16)30-4/h5-11,14,20,26H,12-13H2,1-4H3/t20-/m1/s1. The van der Waals surface area contributed by atoms with Crippen LogP contribution in [0.4, 0.5) is 0 Å². The van der Waals surface area contributed by atoms with Crippen molar-refractivity contribution in [1.29, 1.82) is 0 Å².